The molecule has 4 rings (SSSR count). The Hall–Kier alpha value is -3.86. The van der Waals surface area contributed by atoms with Crippen molar-refractivity contribution in [3.8, 4) is 28.4 Å². The lowest BCUT2D eigenvalue weighted by atomic mass is 9.94. The van der Waals surface area contributed by atoms with Crippen molar-refractivity contribution in [2.24, 2.45) is 0 Å². The molecule has 4 aromatic rings. The maximum Gasteiger partial charge on any atom is 0.269 e. The van der Waals surface area contributed by atoms with Gasteiger partial charge in [-0.05, 0) is 53.8 Å². The summed E-state index contributed by atoms with van der Waals surface area (Å²) in [5.74, 6) is 2.02. The predicted octanol–water partition coefficient (Wildman–Crippen LogP) is 6.52. The van der Waals surface area contributed by atoms with Crippen LogP contribution in [-0.4, -0.2) is 12.0 Å². The lowest BCUT2D eigenvalue weighted by Crippen LogP contribution is -1.95. The molecule has 0 aliphatic carbocycles. The van der Waals surface area contributed by atoms with E-state index in [9.17, 15) is 10.1 Å². The molecule has 0 saturated carbocycles. The van der Waals surface area contributed by atoms with Gasteiger partial charge in [0, 0.05) is 23.1 Å². The lowest BCUT2D eigenvalue weighted by molar-refractivity contribution is -0.384. The Morgan fingerprint density at radius 1 is 0.862 bits per heavy atom. The maximum absolute atomic E-state index is 10.9. The van der Waals surface area contributed by atoms with Crippen molar-refractivity contribution in [3.05, 3.63) is 94.5 Å². The van der Waals surface area contributed by atoms with Gasteiger partial charge in [-0.15, -0.1) is 0 Å². The number of nitro groups is 1. The molecular weight excluding hydrogens is 366 g/mol. The number of benzene rings is 4. The highest BCUT2D eigenvalue weighted by Crippen LogP contribution is 2.43. The summed E-state index contributed by atoms with van der Waals surface area (Å²) in [5, 5.41) is 12.9. The summed E-state index contributed by atoms with van der Waals surface area (Å²) in [4.78, 5) is 10.5. The third-order valence-electron chi connectivity index (χ3n) is 4.83. The Labute approximate surface area is 168 Å². The molecule has 0 bridgehead atoms. The van der Waals surface area contributed by atoms with Crippen LogP contribution in [0.3, 0.4) is 0 Å². The summed E-state index contributed by atoms with van der Waals surface area (Å²) in [7, 11) is 1.64. The van der Waals surface area contributed by atoms with Crippen molar-refractivity contribution in [2.45, 2.75) is 6.92 Å². The second kappa shape index (κ2) is 7.64. The number of aryl methyl sites for hydroxylation is 1. The van der Waals surface area contributed by atoms with E-state index in [1.807, 2.05) is 55.5 Å². The number of nitro benzene ring substituents is 1. The first-order valence-corrected chi connectivity index (χ1v) is 9.16. The molecule has 0 fully saturated rings. The number of hydrogen-bond donors (Lipinski definition) is 0. The molecule has 0 amide bonds. The van der Waals surface area contributed by atoms with E-state index in [1.165, 1.54) is 12.1 Å². The summed E-state index contributed by atoms with van der Waals surface area (Å²) in [6.07, 6.45) is 0. The summed E-state index contributed by atoms with van der Waals surface area (Å²) < 4.78 is 11.7. The van der Waals surface area contributed by atoms with Gasteiger partial charge in [0.05, 0.1) is 12.0 Å². The van der Waals surface area contributed by atoms with Crippen LogP contribution in [0.2, 0.25) is 0 Å². The SMILES string of the molecule is COc1ccc2c(Oc3ccc([N+](=O)[O-])cc3)c(-c3ccccc3)c(C)cc2c1. The average molecular weight is 385 g/mol. The smallest absolute Gasteiger partial charge is 0.269 e. The highest BCUT2D eigenvalue weighted by atomic mass is 16.6. The minimum atomic E-state index is -0.423. The lowest BCUT2D eigenvalue weighted by Gasteiger charge is -2.18. The Morgan fingerprint density at radius 3 is 2.21 bits per heavy atom. The quantitative estimate of drug-likeness (QED) is 0.290. The van der Waals surface area contributed by atoms with Crippen LogP contribution < -0.4 is 9.47 Å². The molecular formula is C24H19NO4. The number of hydrogen-bond acceptors (Lipinski definition) is 4. The van der Waals surface area contributed by atoms with Gasteiger partial charge in [0.25, 0.3) is 5.69 Å². The highest BCUT2D eigenvalue weighted by molar-refractivity contribution is 5.97. The van der Waals surface area contributed by atoms with Gasteiger partial charge in [-0.25, -0.2) is 0 Å². The Kier molecular flexibility index (Phi) is 4.87. The molecule has 0 aromatic heterocycles. The number of methoxy groups -OCH3 is 1. The molecule has 0 atom stereocenters. The number of rotatable bonds is 5. The van der Waals surface area contributed by atoms with E-state index in [1.54, 1.807) is 19.2 Å². The third-order valence-corrected chi connectivity index (χ3v) is 4.83. The van der Waals surface area contributed by atoms with Gasteiger partial charge in [0.2, 0.25) is 0 Å². The second-order valence-corrected chi connectivity index (χ2v) is 6.70. The van der Waals surface area contributed by atoms with Crippen molar-refractivity contribution in [1.82, 2.24) is 0 Å². The maximum atomic E-state index is 10.9. The zero-order valence-electron chi connectivity index (χ0n) is 16.1. The first kappa shape index (κ1) is 18.5. The van der Waals surface area contributed by atoms with Crippen LogP contribution in [0.4, 0.5) is 5.69 Å². The topological polar surface area (TPSA) is 61.6 Å². The fourth-order valence-electron chi connectivity index (χ4n) is 3.44. The molecule has 29 heavy (non-hydrogen) atoms. The predicted molar refractivity (Wildman–Crippen MR) is 114 cm³/mol. The van der Waals surface area contributed by atoms with E-state index >= 15 is 0 Å². The Morgan fingerprint density at radius 2 is 1.55 bits per heavy atom. The largest absolute Gasteiger partial charge is 0.497 e. The van der Waals surface area contributed by atoms with E-state index in [0.717, 1.165) is 33.2 Å². The van der Waals surface area contributed by atoms with Gasteiger partial charge in [0.15, 0.2) is 0 Å². The van der Waals surface area contributed by atoms with E-state index in [0.29, 0.717) is 11.5 Å². The van der Waals surface area contributed by atoms with E-state index < -0.39 is 4.92 Å². The minimum absolute atomic E-state index is 0.0273. The van der Waals surface area contributed by atoms with E-state index in [2.05, 4.69) is 6.07 Å². The molecule has 0 N–H and O–H groups in total. The summed E-state index contributed by atoms with van der Waals surface area (Å²) in [6, 6.07) is 24.1. The molecule has 0 heterocycles. The van der Waals surface area contributed by atoms with Crippen LogP contribution in [0.5, 0.6) is 17.2 Å². The molecule has 0 saturated heterocycles. The van der Waals surface area contributed by atoms with Gasteiger partial charge in [0.1, 0.15) is 17.2 Å². The first-order chi connectivity index (χ1) is 14.1. The minimum Gasteiger partial charge on any atom is -0.497 e. The molecule has 0 aliphatic rings. The van der Waals surface area contributed by atoms with Gasteiger partial charge >= 0.3 is 0 Å². The molecule has 4 aromatic carbocycles. The summed E-state index contributed by atoms with van der Waals surface area (Å²) in [5.41, 5.74) is 3.12. The number of non-ortho nitro benzene ring substituents is 1. The molecule has 0 aliphatic heterocycles. The van der Waals surface area contributed by atoms with Gasteiger partial charge < -0.3 is 9.47 Å². The molecule has 5 heteroatoms. The molecule has 0 spiro atoms. The summed E-state index contributed by atoms with van der Waals surface area (Å²) in [6.45, 7) is 2.05. The second-order valence-electron chi connectivity index (χ2n) is 6.70. The van der Waals surface area contributed by atoms with Crippen LogP contribution in [0, 0.1) is 17.0 Å². The van der Waals surface area contributed by atoms with Crippen molar-refractivity contribution in [1.29, 1.82) is 0 Å². The van der Waals surface area contributed by atoms with Crippen LogP contribution in [-0.2, 0) is 0 Å². The molecule has 5 nitrogen and oxygen atoms in total. The fraction of sp³-hybridized carbons (Fsp3) is 0.0833. The van der Waals surface area contributed by atoms with Crippen molar-refractivity contribution >= 4 is 16.5 Å². The number of fused-ring (bicyclic) bond motifs is 1. The van der Waals surface area contributed by atoms with E-state index in [-0.39, 0.29) is 5.69 Å². The van der Waals surface area contributed by atoms with Gasteiger partial charge in [-0.3, -0.25) is 10.1 Å². The van der Waals surface area contributed by atoms with Crippen molar-refractivity contribution in [3.63, 3.8) is 0 Å². The standard InChI is InChI=1S/C24H19NO4/c1-16-14-18-15-21(28-2)12-13-22(18)24(23(16)17-6-4-3-5-7-17)29-20-10-8-19(9-11-20)25(26)27/h3-15H,1-2H3. The molecule has 0 unspecified atom stereocenters. The third kappa shape index (κ3) is 3.62. The number of nitrogens with zero attached hydrogens (tertiary/aromatic N) is 1. The zero-order chi connectivity index (χ0) is 20.4. The highest BCUT2D eigenvalue weighted by Gasteiger charge is 2.16. The Balaban J connectivity index is 1.91. The fourth-order valence-corrected chi connectivity index (χ4v) is 3.44. The molecule has 0 radical (unpaired) electrons. The normalized spacial score (nSPS) is 10.7. The first-order valence-electron chi connectivity index (χ1n) is 9.16. The van der Waals surface area contributed by atoms with Crippen LogP contribution in [0.15, 0.2) is 78.9 Å². The van der Waals surface area contributed by atoms with E-state index in [4.69, 9.17) is 9.47 Å². The van der Waals surface area contributed by atoms with Gasteiger partial charge in [-0.2, -0.15) is 0 Å². The zero-order valence-corrected chi connectivity index (χ0v) is 16.1. The average Bonchev–Trinajstić information content (AvgIpc) is 2.74. The Bertz CT molecular complexity index is 1190. The van der Waals surface area contributed by atoms with Crippen LogP contribution in [0.25, 0.3) is 21.9 Å². The summed E-state index contributed by atoms with van der Waals surface area (Å²) >= 11 is 0. The van der Waals surface area contributed by atoms with Crippen LogP contribution >= 0.6 is 0 Å². The van der Waals surface area contributed by atoms with Crippen molar-refractivity contribution in [2.75, 3.05) is 7.11 Å². The van der Waals surface area contributed by atoms with Crippen molar-refractivity contribution < 1.29 is 14.4 Å². The number of ether oxygens (including phenoxy) is 2. The van der Waals surface area contributed by atoms with Crippen LogP contribution in [0.1, 0.15) is 5.56 Å². The molecule has 144 valence electrons. The van der Waals surface area contributed by atoms with Gasteiger partial charge in [-0.1, -0.05) is 36.4 Å². The monoisotopic (exact) mass is 385 g/mol.